The summed E-state index contributed by atoms with van der Waals surface area (Å²) < 4.78 is 5.97. The normalized spacial score (nSPS) is 16.0. The maximum absolute atomic E-state index is 12.4. The van der Waals surface area contributed by atoms with Gasteiger partial charge in [0.1, 0.15) is 0 Å². The van der Waals surface area contributed by atoms with Crippen LogP contribution in [0.3, 0.4) is 0 Å². The summed E-state index contributed by atoms with van der Waals surface area (Å²) in [5, 5.41) is 7.25. The van der Waals surface area contributed by atoms with Gasteiger partial charge < -0.3 is 10.1 Å². The van der Waals surface area contributed by atoms with Gasteiger partial charge in [-0.1, -0.05) is 0 Å². The largest absolute Gasteiger partial charge is 0.465 e. The van der Waals surface area contributed by atoms with Crippen LogP contribution in [0.25, 0.3) is 0 Å². The zero-order valence-corrected chi connectivity index (χ0v) is 14.1. The van der Waals surface area contributed by atoms with Crippen molar-refractivity contribution < 1.29 is 14.3 Å². The number of nitrogens with one attached hydrogen (secondary N) is 1. The molecule has 130 valence electrons. The standard InChI is InChI=1S/C18H19N3O4/c1-21-16(22)10-13-9-14(7-8-15(13)20-21)19-17(23)11-3-5-12(6-4-11)18(24)25-2/h3-6,10,14H,7-9H2,1-2H3,(H,19,23)/t14-/m1/s1. The first-order valence-corrected chi connectivity index (χ1v) is 8.03. The molecule has 1 aliphatic rings. The van der Waals surface area contributed by atoms with Gasteiger partial charge in [-0.25, -0.2) is 9.48 Å². The van der Waals surface area contributed by atoms with E-state index in [1.54, 1.807) is 37.4 Å². The fraction of sp³-hybridized carbons (Fsp3) is 0.333. The average Bonchev–Trinajstić information content (AvgIpc) is 2.62. The highest BCUT2D eigenvalue weighted by molar-refractivity contribution is 5.96. The van der Waals surface area contributed by atoms with Crippen molar-refractivity contribution in [2.45, 2.75) is 25.3 Å². The summed E-state index contributed by atoms with van der Waals surface area (Å²) in [5.74, 6) is -0.647. The Balaban J connectivity index is 1.68. The quantitative estimate of drug-likeness (QED) is 0.836. The number of rotatable bonds is 3. The highest BCUT2D eigenvalue weighted by Crippen LogP contribution is 2.18. The van der Waals surface area contributed by atoms with Gasteiger partial charge in [0.15, 0.2) is 0 Å². The van der Waals surface area contributed by atoms with E-state index in [4.69, 9.17) is 0 Å². The number of amides is 1. The number of esters is 1. The Bertz CT molecular complexity index is 871. The van der Waals surface area contributed by atoms with Crippen molar-refractivity contribution >= 4 is 11.9 Å². The molecule has 1 amide bonds. The first kappa shape index (κ1) is 16.9. The second-order valence-electron chi connectivity index (χ2n) is 6.06. The number of carbonyl (C=O) groups excluding carboxylic acids is 2. The van der Waals surface area contributed by atoms with E-state index in [1.807, 2.05) is 0 Å². The number of aromatic nitrogens is 2. The second-order valence-corrected chi connectivity index (χ2v) is 6.06. The van der Waals surface area contributed by atoms with E-state index in [9.17, 15) is 14.4 Å². The van der Waals surface area contributed by atoms with Gasteiger partial charge in [-0.2, -0.15) is 5.10 Å². The smallest absolute Gasteiger partial charge is 0.337 e. The van der Waals surface area contributed by atoms with Crippen molar-refractivity contribution in [1.82, 2.24) is 15.1 Å². The van der Waals surface area contributed by atoms with Gasteiger partial charge in [-0.05, 0) is 49.1 Å². The minimum Gasteiger partial charge on any atom is -0.465 e. The van der Waals surface area contributed by atoms with Crippen LogP contribution in [0.1, 0.15) is 38.4 Å². The average molecular weight is 341 g/mol. The number of hydrogen-bond donors (Lipinski definition) is 1. The summed E-state index contributed by atoms with van der Waals surface area (Å²) in [4.78, 5) is 35.5. The van der Waals surface area contributed by atoms with Crippen LogP contribution in [0.5, 0.6) is 0 Å². The molecule has 0 radical (unpaired) electrons. The summed E-state index contributed by atoms with van der Waals surface area (Å²) in [7, 11) is 2.94. The molecule has 0 saturated heterocycles. The number of carbonyl (C=O) groups is 2. The summed E-state index contributed by atoms with van der Waals surface area (Å²) in [6, 6.07) is 7.85. The van der Waals surface area contributed by atoms with Crippen molar-refractivity contribution in [3.63, 3.8) is 0 Å². The van der Waals surface area contributed by atoms with Crippen molar-refractivity contribution in [3.8, 4) is 0 Å². The van der Waals surface area contributed by atoms with E-state index in [2.05, 4.69) is 15.2 Å². The van der Waals surface area contributed by atoms with Gasteiger partial charge >= 0.3 is 5.97 Å². The predicted molar refractivity (Wildman–Crippen MR) is 90.5 cm³/mol. The van der Waals surface area contributed by atoms with Crippen molar-refractivity contribution in [3.05, 3.63) is 63.1 Å². The van der Waals surface area contributed by atoms with E-state index < -0.39 is 5.97 Å². The molecule has 1 aliphatic carbocycles. The third-order valence-corrected chi connectivity index (χ3v) is 4.36. The number of hydrogen-bond acceptors (Lipinski definition) is 5. The molecular weight excluding hydrogens is 322 g/mol. The molecule has 1 aromatic heterocycles. The van der Waals surface area contributed by atoms with Crippen LogP contribution in [0, 0.1) is 0 Å². The fourth-order valence-corrected chi connectivity index (χ4v) is 2.95. The highest BCUT2D eigenvalue weighted by Gasteiger charge is 2.22. The maximum atomic E-state index is 12.4. The second kappa shape index (κ2) is 6.88. The molecule has 1 heterocycles. The van der Waals surface area contributed by atoms with Gasteiger partial charge in [0.05, 0.1) is 18.4 Å². The molecular formula is C18H19N3O4. The van der Waals surface area contributed by atoms with Crippen molar-refractivity contribution in [2.75, 3.05) is 7.11 Å². The monoisotopic (exact) mass is 341 g/mol. The number of fused-ring (bicyclic) bond motifs is 1. The molecule has 3 rings (SSSR count). The molecule has 1 N–H and O–H groups in total. The molecule has 1 aromatic carbocycles. The van der Waals surface area contributed by atoms with E-state index >= 15 is 0 Å². The first-order chi connectivity index (χ1) is 12.0. The van der Waals surface area contributed by atoms with Crippen LogP contribution >= 0.6 is 0 Å². The number of nitrogens with zero attached hydrogens (tertiary/aromatic N) is 2. The Morgan fingerprint density at radius 1 is 1.24 bits per heavy atom. The topological polar surface area (TPSA) is 90.3 Å². The Labute approximate surface area is 144 Å². The summed E-state index contributed by atoms with van der Waals surface area (Å²) in [6.45, 7) is 0. The van der Waals surface area contributed by atoms with Crippen molar-refractivity contribution in [2.24, 2.45) is 7.05 Å². The zero-order chi connectivity index (χ0) is 18.0. The minimum atomic E-state index is -0.440. The third kappa shape index (κ3) is 3.60. The summed E-state index contributed by atoms with van der Waals surface area (Å²) >= 11 is 0. The molecule has 7 nitrogen and oxygen atoms in total. The molecule has 0 aliphatic heterocycles. The van der Waals surface area contributed by atoms with Crippen LogP contribution in [0.2, 0.25) is 0 Å². The zero-order valence-electron chi connectivity index (χ0n) is 14.1. The van der Waals surface area contributed by atoms with E-state index in [-0.39, 0.29) is 17.5 Å². The molecule has 0 saturated carbocycles. The van der Waals surface area contributed by atoms with E-state index in [1.165, 1.54) is 11.8 Å². The highest BCUT2D eigenvalue weighted by atomic mass is 16.5. The fourth-order valence-electron chi connectivity index (χ4n) is 2.95. The van der Waals surface area contributed by atoms with Gasteiger partial charge in [0.25, 0.3) is 11.5 Å². The lowest BCUT2D eigenvalue weighted by molar-refractivity contribution is 0.0600. The van der Waals surface area contributed by atoms with Gasteiger partial charge in [0, 0.05) is 24.7 Å². The summed E-state index contributed by atoms with van der Waals surface area (Å²) in [5.41, 5.74) is 2.52. The van der Waals surface area contributed by atoms with Crippen LogP contribution in [-0.4, -0.2) is 34.8 Å². The number of benzene rings is 1. The Morgan fingerprint density at radius 3 is 2.60 bits per heavy atom. The lowest BCUT2D eigenvalue weighted by Gasteiger charge is -2.24. The third-order valence-electron chi connectivity index (χ3n) is 4.36. The van der Waals surface area contributed by atoms with Crippen LogP contribution in [0.15, 0.2) is 35.1 Å². The summed E-state index contributed by atoms with van der Waals surface area (Å²) in [6.07, 6.45) is 2.07. The Morgan fingerprint density at radius 2 is 1.92 bits per heavy atom. The van der Waals surface area contributed by atoms with Crippen LogP contribution < -0.4 is 10.9 Å². The lowest BCUT2D eigenvalue weighted by atomic mass is 9.92. The molecule has 1 atom stereocenters. The lowest BCUT2D eigenvalue weighted by Crippen LogP contribution is -2.40. The van der Waals surface area contributed by atoms with E-state index in [0.29, 0.717) is 17.5 Å². The van der Waals surface area contributed by atoms with Gasteiger partial charge in [0.2, 0.25) is 0 Å². The number of aryl methyl sites for hydroxylation is 2. The first-order valence-electron chi connectivity index (χ1n) is 8.03. The molecule has 2 aromatic rings. The predicted octanol–water partition coefficient (Wildman–Crippen LogP) is 0.854. The molecule has 0 fully saturated rings. The Kier molecular flexibility index (Phi) is 4.65. The van der Waals surface area contributed by atoms with Crippen molar-refractivity contribution in [1.29, 1.82) is 0 Å². The van der Waals surface area contributed by atoms with Crippen LogP contribution in [0.4, 0.5) is 0 Å². The van der Waals surface area contributed by atoms with Gasteiger partial charge in [-0.15, -0.1) is 0 Å². The molecule has 7 heteroatoms. The minimum absolute atomic E-state index is 0.0470. The Hall–Kier alpha value is -2.96. The number of ether oxygens (including phenoxy) is 1. The molecule has 25 heavy (non-hydrogen) atoms. The van der Waals surface area contributed by atoms with Crippen LogP contribution in [-0.2, 0) is 24.6 Å². The molecule has 0 unspecified atom stereocenters. The molecule has 0 bridgehead atoms. The maximum Gasteiger partial charge on any atom is 0.337 e. The number of methoxy groups -OCH3 is 1. The molecule has 0 spiro atoms. The van der Waals surface area contributed by atoms with E-state index in [0.717, 1.165) is 24.1 Å². The SMILES string of the molecule is COC(=O)c1ccc(C(=O)N[C@@H]2CCc3nn(C)c(=O)cc3C2)cc1. The van der Waals surface area contributed by atoms with Gasteiger partial charge in [-0.3, -0.25) is 9.59 Å².